The van der Waals surface area contributed by atoms with Gasteiger partial charge in [-0.2, -0.15) is 0 Å². The predicted molar refractivity (Wildman–Crippen MR) is 147 cm³/mol. The van der Waals surface area contributed by atoms with Crippen LogP contribution in [0.15, 0.2) is 54.7 Å². The van der Waals surface area contributed by atoms with E-state index in [2.05, 4.69) is 15.0 Å². The Morgan fingerprint density at radius 3 is 2.53 bits per heavy atom. The molecule has 5 aromatic rings. The first-order valence-electron chi connectivity index (χ1n) is 13.4. The third-order valence-electron chi connectivity index (χ3n) is 7.23. The van der Waals surface area contributed by atoms with Gasteiger partial charge in [-0.15, -0.1) is 0 Å². The minimum Gasteiger partial charge on any atom is -0.478 e. The van der Waals surface area contributed by atoms with Crippen LogP contribution >= 0.6 is 0 Å². The number of halogens is 4. The molecule has 3 aromatic heterocycles. The maximum atomic E-state index is 15.4. The van der Waals surface area contributed by atoms with Crippen LogP contribution in [-0.4, -0.2) is 43.3 Å². The Balaban J connectivity index is 1.31. The third-order valence-corrected chi connectivity index (χ3v) is 7.23. The Morgan fingerprint density at radius 1 is 1.02 bits per heavy atom. The van der Waals surface area contributed by atoms with Crippen molar-refractivity contribution in [2.75, 3.05) is 6.61 Å². The molecule has 6 rings (SSSR count). The number of aromatic nitrogens is 4. The normalized spacial score (nSPS) is 14.6. The first-order valence-corrected chi connectivity index (χ1v) is 13.4. The molecule has 1 saturated heterocycles. The maximum Gasteiger partial charge on any atom is 0.335 e. The lowest BCUT2D eigenvalue weighted by molar-refractivity contribution is -0.0589. The molecule has 1 aliphatic heterocycles. The molecule has 220 valence electrons. The average Bonchev–Trinajstić information content (AvgIpc) is 3.30. The van der Waals surface area contributed by atoms with E-state index in [0.717, 1.165) is 41.9 Å². The molecule has 0 spiro atoms. The summed E-state index contributed by atoms with van der Waals surface area (Å²) in [7, 11) is 0. The average molecular weight is 593 g/mol. The zero-order valence-electron chi connectivity index (χ0n) is 22.8. The van der Waals surface area contributed by atoms with Crippen LogP contribution in [0.2, 0.25) is 0 Å². The van der Waals surface area contributed by atoms with Crippen molar-refractivity contribution in [1.82, 2.24) is 19.5 Å². The van der Waals surface area contributed by atoms with E-state index in [1.807, 2.05) is 19.1 Å². The van der Waals surface area contributed by atoms with Gasteiger partial charge in [0, 0.05) is 42.1 Å². The largest absolute Gasteiger partial charge is 0.478 e. The number of carboxylic acid groups (broad SMARTS) is 1. The molecule has 2 aromatic carbocycles. The number of aryl methyl sites for hydroxylation is 1. The lowest BCUT2D eigenvalue weighted by Gasteiger charge is -2.27. The van der Waals surface area contributed by atoms with E-state index in [1.54, 1.807) is 10.8 Å². The number of nitrogens with zero attached hydrogens (tertiary/aromatic N) is 4. The second-order valence-electron chi connectivity index (χ2n) is 10.2. The van der Waals surface area contributed by atoms with Gasteiger partial charge >= 0.3 is 5.97 Å². The van der Waals surface area contributed by atoms with Crippen molar-refractivity contribution < 1.29 is 36.9 Å². The van der Waals surface area contributed by atoms with Crippen LogP contribution in [0.1, 0.15) is 39.4 Å². The summed E-state index contributed by atoms with van der Waals surface area (Å²) in [6.45, 7) is 2.69. The molecule has 0 radical (unpaired) electrons. The highest BCUT2D eigenvalue weighted by atomic mass is 19.1. The number of aromatic carboxylic acids is 1. The van der Waals surface area contributed by atoms with Crippen molar-refractivity contribution in [2.45, 2.75) is 39.0 Å². The molecule has 1 fully saturated rings. The van der Waals surface area contributed by atoms with Crippen LogP contribution in [-0.2, 0) is 24.3 Å². The lowest BCUT2D eigenvalue weighted by atomic mass is 10.0. The molecule has 0 amide bonds. The van der Waals surface area contributed by atoms with Gasteiger partial charge in [0.15, 0.2) is 5.82 Å². The Hall–Kier alpha value is -4.84. The molecule has 0 bridgehead atoms. The van der Waals surface area contributed by atoms with Crippen molar-refractivity contribution in [3.05, 3.63) is 106 Å². The molecule has 12 heteroatoms. The number of hydrogen-bond donors (Lipinski definition) is 1. The Labute approximate surface area is 242 Å². The van der Waals surface area contributed by atoms with Crippen molar-refractivity contribution in [3.8, 4) is 17.1 Å². The fourth-order valence-electron chi connectivity index (χ4n) is 4.83. The van der Waals surface area contributed by atoms with Gasteiger partial charge in [0.2, 0.25) is 5.88 Å². The summed E-state index contributed by atoms with van der Waals surface area (Å²) in [6, 6.07) is 9.87. The zero-order chi connectivity index (χ0) is 30.2. The highest BCUT2D eigenvalue weighted by Gasteiger charge is 2.25. The van der Waals surface area contributed by atoms with E-state index in [-0.39, 0.29) is 59.5 Å². The van der Waals surface area contributed by atoms with Gasteiger partial charge in [-0.25, -0.2) is 32.3 Å². The van der Waals surface area contributed by atoms with E-state index in [9.17, 15) is 18.7 Å². The number of pyridine rings is 2. The lowest BCUT2D eigenvalue weighted by Crippen LogP contribution is -2.31. The molecule has 43 heavy (non-hydrogen) atoms. The SMILES string of the molecule is Cc1ccc(COc2ccc(F)c(-c3cc(F)c(Cc4nc5c(F)cc(C(=O)O)cc5n4CC4CCO4)cc3F)n2)cn1. The van der Waals surface area contributed by atoms with Gasteiger partial charge in [-0.3, -0.25) is 4.98 Å². The molecule has 4 heterocycles. The van der Waals surface area contributed by atoms with E-state index >= 15 is 8.78 Å². The minimum atomic E-state index is -1.32. The zero-order valence-corrected chi connectivity index (χ0v) is 22.8. The summed E-state index contributed by atoms with van der Waals surface area (Å²) in [5, 5.41) is 9.40. The number of rotatable bonds is 9. The maximum absolute atomic E-state index is 15.4. The van der Waals surface area contributed by atoms with Crippen LogP contribution in [0, 0.1) is 30.2 Å². The molecule has 1 unspecified atom stereocenters. The van der Waals surface area contributed by atoms with Crippen LogP contribution < -0.4 is 4.74 Å². The molecular weight excluding hydrogens is 568 g/mol. The van der Waals surface area contributed by atoms with E-state index in [0.29, 0.717) is 6.61 Å². The summed E-state index contributed by atoms with van der Waals surface area (Å²) < 4.78 is 73.1. The second kappa shape index (κ2) is 11.4. The van der Waals surface area contributed by atoms with Crippen molar-refractivity contribution in [1.29, 1.82) is 0 Å². The predicted octanol–water partition coefficient (Wildman–Crippen LogP) is 6.02. The van der Waals surface area contributed by atoms with E-state index < -0.39 is 40.5 Å². The molecule has 1 atom stereocenters. The molecule has 1 aliphatic rings. The summed E-state index contributed by atoms with van der Waals surface area (Å²) in [4.78, 5) is 24.1. The first kappa shape index (κ1) is 28.3. The van der Waals surface area contributed by atoms with Gasteiger partial charge in [-0.1, -0.05) is 6.07 Å². The third kappa shape index (κ3) is 5.78. The molecular formula is C31H24F4N4O4. The topological polar surface area (TPSA) is 99.4 Å². The number of imidazole rings is 1. The number of fused-ring (bicyclic) bond motifs is 1. The van der Waals surface area contributed by atoms with Crippen LogP contribution in [0.5, 0.6) is 5.88 Å². The van der Waals surface area contributed by atoms with Gasteiger partial charge in [0.25, 0.3) is 0 Å². The van der Waals surface area contributed by atoms with Crippen molar-refractivity contribution in [3.63, 3.8) is 0 Å². The van der Waals surface area contributed by atoms with Gasteiger partial charge in [-0.05, 0) is 55.3 Å². The highest BCUT2D eigenvalue weighted by Crippen LogP contribution is 2.31. The number of benzene rings is 2. The van der Waals surface area contributed by atoms with Gasteiger partial charge in [0.05, 0.1) is 23.7 Å². The Morgan fingerprint density at radius 2 is 1.84 bits per heavy atom. The summed E-state index contributed by atoms with van der Waals surface area (Å²) in [6.07, 6.45) is 1.87. The van der Waals surface area contributed by atoms with Crippen molar-refractivity contribution in [2.24, 2.45) is 0 Å². The highest BCUT2D eigenvalue weighted by molar-refractivity contribution is 5.92. The smallest absolute Gasteiger partial charge is 0.335 e. The summed E-state index contributed by atoms with van der Waals surface area (Å²) in [5.41, 5.74) is 0.446. The number of hydrogen-bond acceptors (Lipinski definition) is 6. The molecule has 0 aliphatic carbocycles. The van der Waals surface area contributed by atoms with Crippen LogP contribution in [0.3, 0.4) is 0 Å². The summed E-state index contributed by atoms with van der Waals surface area (Å²) in [5.74, 6) is -4.65. The van der Waals surface area contributed by atoms with Gasteiger partial charge < -0.3 is 19.1 Å². The minimum absolute atomic E-state index is 0.00977. The molecule has 8 nitrogen and oxygen atoms in total. The first-order chi connectivity index (χ1) is 20.7. The molecule has 0 saturated carbocycles. The number of ether oxygens (including phenoxy) is 2. The number of carbonyl (C=O) groups is 1. The van der Waals surface area contributed by atoms with E-state index in [1.165, 1.54) is 12.1 Å². The fourth-order valence-corrected chi connectivity index (χ4v) is 4.83. The standard InChI is InChI=1S/C31H24F4N4O4/c1-16-2-3-17(13-36-16)15-43-28-5-4-22(32)29(38-28)21-12-23(33)18(8-24(21)34)11-27-37-30-25(35)9-19(31(40)41)10-26(30)39(27)14-20-6-7-42-20/h2-5,8-10,12-13,20H,6-7,11,14-15H2,1H3,(H,40,41). The summed E-state index contributed by atoms with van der Waals surface area (Å²) >= 11 is 0. The fraction of sp³-hybridized carbons (Fsp3) is 0.226. The molecule has 1 N–H and O–H groups in total. The quantitative estimate of drug-likeness (QED) is 0.209. The van der Waals surface area contributed by atoms with E-state index in [4.69, 9.17) is 9.47 Å². The van der Waals surface area contributed by atoms with Crippen molar-refractivity contribution >= 4 is 17.0 Å². The van der Waals surface area contributed by atoms with Gasteiger partial charge in [0.1, 0.15) is 41.1 Å². The number of carboxylic acids is 1. The second-order valence-corrected chi connectivity index (χ2v) is 10.2. The Bertz CT molecular complexity index is 1860. The Kier molecular flexibility index (Phi) is 7.53. The monoisotopic (exact) mass is 592 g/mol. The van der Waals surface area contributed by atoms with Crippen LogP contribution in [0.4, 0.5) is 17.6 Å². The van der Waals surface area contributed by atoms with Crippen LogP contribution in [0.25, 0.3) is 22.3 Å².